The summed E-state index contributed by atoms with van der Waals surface area (Å²) in [6.45, 7) is 3.68. The van der Waals surface area contributed by atoms with E-state index in [0.717, 1.165) is 24.5 Å². The third-order valence-electron chi connectivity index (χ3n) is 6.18. The molecule has 0 aliphatic carbocycles. The molecule has 0 saturated carbocycles. The molecule has 0 aromatic heterocycles. The van der Waals surface area contributed by atoms with E-state index < -0.39 is 0 Å². The molecule has 3 aromatic rings. The van der Waals surface area contributed by atoms with E-state index in [1.54, 1.807) is 42.5 Å². The maximum absolute atomic E-state index is 12.7. The van der Waals surface area contributed by atoms with Gasteiger partial charge in [-0.25, -0.2) is 0 Å². The molecule has 0 atom stereocenters. The molecule has 0 bridgehead atoms. The van der Waals surface area contributed by atoms with Crippen molar-refractivity contribution in [3.05, 3.63) is 82.9 Å². The highest BCUT2D eigenvalue weighted by Gasteiger charge is 2.22. The quantitative estimate of drug-likeness (QED) is 0.484. The number of thiocarbonyl (C=S) groups is 1. The van der Waals surface area contributed by atoms with E-state index in [1.807, 2.05) is 29.2 Å². The number of nitrogens with zero attached hydrogens (tertiary/aromatic N) is 2. The number of fused-ring (bicyclic) bond motifs is 1. The number of hydrogen-bond donors (Lipinski definition) is 2. The lowest BCUT2D eigenvalue weighted by atomic mass is 10.1. The zero-order valence-electron chi connectivity index (χ0n) is 19.9. The summed E-state index contributed by atoms with van der Waals surface area (Å²) in [5.74, 6) is 0.849. The molecule has 10 heteroatoms. The highest BCUT2D eigenvalue weighted by Crippen LogP contribution is 2.30. The fraction of sp³-hybridized carbons (Fsp3) is 0.222. The van der Waals surface area contributed by atoms with Crippen LogP contribution in [0.3, 0.4) is 0 Å². The van der Waals surface area contributed by atoms with Gasteiger partial charge >= 0.3 is 0 Å². The molecule has 190 valence electrons. The van der Waals surface area contributed by atoms with Crippen LogP contribution in [-0.4, -0.2) is 61.2 Å². The Hall–Kier alpha value is -3.82. The van der Waals surface area contributed by atoms with Gasteiger partial charge in [-0.3, -0.25) is 14.9 Å². The first-order valence-electron chi connectivity index (χ1n) is 11.9. The summed E-state index contributed by atoms with van der Waals surface area (Å²) in [6, 6.07) is 19.8. The summed E-state index contributed by atoms with van der Waals surface area (Å²) in [7, 11) is 0. The Morgan fingerprint density at radius 1 is 0.811 bits per heavy atom. The van der Waals surface area contributed by atoms with Crippen molar-refractivity contribution >= 4 is 52.1 Å². The van der Waals surface area contributed by atoms with E-state index in [2.05, 4.69) is 15.5 Å². The second-order valence-corrected chi connectivity index (χ2v) is 9.44. The van der Waals surface area contributed by atoms with Crippen LogP contribution in [0.4, 0.5) is 11.4 Å². The fourth-order valence-electron chi connectivity index (χ4n) is 4.22. The number of rotatable bonds is 4. The molecular formula is C27H25ClN4O4S. The Labute approximate surface area is 225 Å². The van der Waals surface area contributed by atoms with Crippen LogP contribution in [0.1, 0.15) is 20.7 Å². The van der Waals surface area contributed by atoms with Gasteiger partial charge in [-0.2, -0.15) is 0 Å². The highest BCUT2D eigenvalue weighted by atomic mass is 35.5. The minimum absolute atomic E-state index is 0.0164. The average Bonchev–Trinajstić information content (AvgIpc) is 2.93. The van der Waals surface area contributed by atoms with Crippen molar-refractivity contribution in [1.82, 2.24) is 10.2 Å². The van der Waals surface area contributed by atoms with Crippen LogP contribution in [0.5, 0.6) is 11.5 Å². The molecule has 2 heterocycles. The van der Waals surface area contributed by atoms with E-state index in [0.29, 0.717) is 54.0 Å². The van der Waals surface area contributed by atoms with Gasteiger partial charge in [0.15, 0.2) is 16.6 Å². The maximum atomic E-state index is 12.7. The number of benzene rings is 3. The maximum Gasteiger partial charge on any atom is 0.257 e. The third-order valence-corrected chi connectivity index (χ3v) is 6.64. The number of piperazine rings is 1. The van der Waals surface area contributed by atoms with Crippen LogP contribution in [0, 0.1) is 0 Å². The van der Waals surface area contributed by atoms with Crippen molar-refractivity contribution in [3.8, 4) is 11.5 Å². The topological polar surface area (TPSA) is 83.1 Å². The van der Waals surface area contributed by atoms with Crippen molar-refractivity contribution < 1.29 is 19.1 Å². The van der Waals surface area contributed by atoms with E-state index in [9.17, 15) is 9.59 Å². The molecule has 0 unspecified atom stereocenters. The lowest BCUT2D eigenvalue weighted by molar-refractivity contribution is 0.0746. The number of ether oxygens (including phenoxy) is 2. The summed E-state index contributed by atoms with van der Waals surface area (Å²) >= 11 is 11.2. The van der Waals surface area contributed by atoms with Crippen LogP contribution in [0.15, 0.2) is 66.7 Å². The third kappa shape index (κ3) is 5.95. The molecule has 0 radical (unpaired) electrons. The smallest absolute Gasteiger partial charge is 0.257 e. The molecule has 5 rings (SSSR count). The Morgan fingerprint density at radius 2 is 1.46 bits per heavy atom. The predicted octanol–water partition coefficient (Wildman–Crippen LogP) is 4.20. The number of amides is 2. The summed E-state index contributed by atoms with van der Waals surface area (Å²) < 4.78 is 11.0. The van der Waals surface area contributed by atoms with Gasteiger partial charge in [0.05, 0.1) is 0 Å². The first-order valence-corrected chi connectivity index (χ1v) is 12.7. The SMILES string of the molecule is O=C(NC(=S)Nc1ccc(N2CCN(C(=O)c3ccc(Cl)cc3)CC2)cc1)c1ccc2c(c1)OCCO2. The zero-order valence-corrected chi connectivity index (χ0v) is 21.5. The number of carbonyl (C=O) groups excluding carboxylic acids is 2. The predicted molar refractivity (Wildman–Crippen MR) is 147 cm³/mol. The Bertz CT molecular complexity index is 1310. The number of anilines is 2. The molecule has 2 aliphatic heterocycles. The fourth-order valence-corrected chi connectivity index (χ4v) is 4.56. The monoisotopic (exact) mass is 536 g/mol. The van der Waals surface area contributed by atoms with Crippen LogP contribution in [0.2, 0.25) is 5.02 Å². The molecule has 2 aliphatic rings. The summed E-state index contributed by atoms with van der Waals surface area (Å²) in [4.78, 5) is 29.4. The van der Waals surface area contributed by atoms with E-state index >= 15 is 0 Å². The first kappa shape index (κ1) is 24.9. The Balaban J connectivity index is 1.12. The molecule has 37 heavy (non-hydrogen) atoms. The second-order valence-electron chi connectivity index (χ2n) is 8.60. The zero-order chi connectivity index (χ0) is 25.8. The minimum atomic E-state index is -0.336. The molecule has 0 spiro atoms. The van der Waals surface area contributed by atoms with E-state index in [1.165, 1.54) is 0 Å². The molecule has 1 fully saturated rings. The van der Waals surface area contributed by atoms with E-state index in [-0.39, 0.29) is 16.9 Å². The summed E-state index contributed by atoms with van der Waals surface area (Å²) in [6.07, 6.45) is 0. The molecule has 2 amide bonds. The summed E-state index contributed by atoms with van der Waals surface area (Å²) in [5, 5.41) is 6.54. The number of carbonyl (C=O) groups is 2. The van der Waals surface area contributed by atoms with Crippen molar-refractivity contribution in [2.45, 2.75) is 0 Å². The largest absolute Gasteiger partial charge is 0.486 e. The molecular weight excluding hydrogens is 512 g/mol. The second kappa shape index (κ2) is 11.1. The number of halogens is 1. The van der Waals surface area contributed by atoms with Crippen molar-refractivity contribution in [2.24, 2.45) is 0 Å². The standard InChI is InChI=1S/C27H25ClN4O4S/c28-20-4-1-18(2-5-20)26(34)32-13-11-31(12-14-32)22-8-6-21(7-9-22)29-27(37)30-25(33)19-3-10-23-24(17-19)36-16-15-35-23/h1-10,17H,11-16H2,(H2,29,30,33,37). The van der Waals surface area contributed by atoms with Gasteiger partial charge in [0, 0.05) is 53.7 Å². The van der Waals surface area contributed by atoms with Crippen molar-refractivity contribution in [2.75, 3.05) is 49.6 Å². The van der Waals surface area contributed by atoms with Gasteiger partial charge in [-0.1, -0.05) is 11.6 Å². The lowest BCUT2D eigenvalue weighted by Gasteiger charge is -2.36. The van der Waals surface area contributed by atoms with Crippen LogP contribution in [-0.2, 0) is 0 Å². The number of nitrogens with one attached hydrogen (secondary N) is 2. The van der Waals surface area contributed by atoms with Gasteiger partial charge < -0.3 is 24.6 Å². The Kier molecular flexibility index (Phi) is 7.43. The van der Waals surface area contributed by atoms with Crippen LogP contribution in [0.25, 0.3) is 0 Å². The van der Waals surface area contributed by atoms with E-state index in [4.69, 9.17) is 33.3 Å². The molecule has 2 N–H and O–H groups in total. The highest BCUT2D eigenvalue weighted by molar-refractivity contribution is 7.80. The van der Waals surface area contributed by atoms with Crippen LogP contribution >= 0.6 is 23.8 Å². The Morgan fingerprint density at radius 3 is 2.16 bits per heavy atom. The van der Waals surface area contributed by atoms with Gasteiger partial charge in [0.2, 0.25) is 0 Å². The average molecular weight is 537 g/mol. The molecule has 3 aromatic carbocycles. The molecule has 8 nitrogen and oxygen atoms in total. The number of hydrogen-bond acceptors (Lipinski definition) is 6. The first-order chi connectivity index (χ1) is 18.0. The van der Waals surface area contributed by atoms with Gasteiger partial charge in [0.25, 0.3) is 11.8 Å². The minimum Gasteiger partial charge on any atom is -0.486 e. The van der Waals surface area contributed by atoms with Gasteiger partial charge in [-0.05, 0) is 78.9 Å². The van der Waals surface area contributed by atoms with Gasteiger partial charge in [-0.15, -0.1) is 0 Å². The lowest BCUT2D eigenvalue weighted by Crippen LogP contribution is -2.48. The van der Waals surface area contributed by atoms with Crippen molar-refractivity contribution in [1.29, 1.82) is 0 Å². The van der Waals surface area contributed by atoms with Crippen molar-refractivity contribution in [3.63, 3.8) is 0 Å². The normalized spacial score (nSPS) is 14.6. The summed E-state index contributed by atoms with van der Waals surface area (Å²) in [5.41, 5.74) is 2.88. The van der Waals surface area contributed by atoms with Gasteiger partial charge in [0.1, 0.15) is 13.2 Å². The molecule has 1 saturated heterocycles. The van der Waals surface area contributed by atoms with Crippen LogP contribution < -0.4 is 25.0 Å².